The Balaban J connectivity index is 1.78. The van der Waals surface area contributed by atoms with Crippen molar-refractivity contribution < 1.29 is 23.8 Å². The molecule has 0 bridgehead atoms. The second-order valence-corrected chi connectivity index (χ2v) is 8.31. The van der Waals surface area contributed by atoms with E-state index in [1.165, 1.54) is 0 Å². The van der Waals surface area contributed by atoms with Gasteiger partial charge < -0.3 is 24.8 Å². The van der Waals surface area contributed by atoms with Crippen LogP contribution in [-0.4, -0.2) is 25.2 Å². The number of carbonyl (C=O) groups excluding carboxylic acids is 2. The standard InChI is InChI=1S/C28H28N2O5/c1-18(2)35-27(31)24-25(20-13-15-21(33-3)16-14-20)29-28(32)30-26(24)22-11-7-8-12-23(22)34-17-19-9-5-4-6-10-19/h4-16,18,26H,17H2,1-3H3,(H2,29,30,32). The number of methoxy groups -OCH3 is 1. The number of benzene rings is 3. The number of ether oxygens (including phenoxy) is 3. The predicted octanol–water partition coefficient (Wildman–Crippen LogP) is 4.99. The van der Waals surface area contributed by atoms with Gasteiger partial charge in [-0.15, -0.1) is 0 Å². The summed E-state index contributed by atoms with van der Waals surface area (Å²) >= 11 is 0. The first-order chi connectivity index (χ1) is 17.0. The smallest absolute Gasteiger partial charge is 0.338 e. The number of hydrogen-bond donors (Lipinski definition) is 2. The minimum absolute atomic E-state index is 0.291. The molecule has 0 fully saturated rings. The summed E-state index contributed by atoms with van der Waals surface area (Å²) in [7, 11) is 1.58. The van der Waals surface area contributed by atoms with Gasteiger partial charge in [-0.05, 0) is 55.3 Å². The predicted molar refractivity (Wildman–Crippen MR) is 133 cm³/mol. The summed E-state index contributed by atoms with van der Waals surface area (Å²) in [5.41, 5.74) is 2.98. The van der Waals surface area contributed by atoms with E-state index in [1.54, 1.807) is 45.2 Å². The van der Waals surface area contributed by atoms with Crippen LogP contribution in [-0.2, 0) is 16.1 Å². The Morgan fingerprint density at radius 1 is 0.943 bits per heavy atom. The Kier molecular flexibility index (Phi) is 7.35. The second kappa shape index (κ2) is 10.8. The summed E-state index contributed by atoms with van der Waals surface area (Å²) in [6.45, 7) is 3.91. The molecule has 7 nitrogen and oxygen atoms in total. The largest absolute Gasteiger partial charge is 0.497 e. The molecule has 1 unspecified atom stereocenters. The minimum Gasteiger partial charge on any atom is -0.497 e. The minimum atomic E-state index is -0.779. The quantitative estimate of drug-likeness (QED) is 0.451. The molecule has 1 atom stereocenters. The number of hydrogen-bond acceptors (Lipinski definition) is 5. The molecular formula is C28H28N2O5. The zero-order valence-electron chi connectivity index (χ0n) is 19.9. The molecule has 0 saturated carbocycles. The van der Waals surface area contributed by atoms with Gasteiger partial charge in [-0.25, -0.2) is 9.59 Å². The SMILES string of the molecule is COc1ccc(C2=C(C(=O)OC(C)C)C(c3ccccc3OCc3ccccc3)NC(=O)N2)cc1. The molecule has 3 aromatic rings. The van der Waals surface area contributed by atoms with Crippen molar-refractivity contribution in [3.8, 4) is 11.5 Å². The van der Waals surface area contributed by atoms with E-state index in [0.717, 1.165) is 5.56 Å². The van der Waals surface area contributed by atoms with E-state index in [9.17, 15) is 9.59 Å². The van der Waals surface area contributed by atoms with Crippen molar-refractivity contribution in [2.45, 2.75) is 32.6 Å². The van der Waals surface area contributed by atoms with Gasteiger partial charge in [0, 0.05) is 5.56 Å². The molecule has 180 valence electrons. The number of para-hydroxylation sites is 1. The zero-order chi connectivity index (χ0) is 24.8. The van der Waals surface area contributed by atoms with Gasteiger partial charge in [0.15, 0.2) is 0 Å². The highest BCUT2D eigenvalue weighted by Crippen LogP contribution is 2.37. The number of esters is 1. The molecule has 4 rings (SSSR count). The average Bonchev–Trinajstić information content (AvgIpc) is 2.87. The van der Waals surface area contributed by atoms with Gasteiger partial charge >= 0.3 is 12.0 Å². The molecular weight excluding hydrogens is 444 g/mol. The summed E-state index contributed by atoms with van der Waals surface area (Å²) in [4.78, 5) is 26.1. The number of nitrogens with one attached hydrogen (secondary N) is 2. The third-order valence-corrected chi connectivity index (χ3v) is 5.48. The van der Waals surface area contributed by atoms with Crippen molar-refractivity contribution in [2.75, 3.05) is 7.11 Å². The van der Waals surface area contributed by atoms with Crippen molar-refractivity contribution >= 4 is 17.7 Å². The second-order valence-electron chi connectivity index (χ2n) is 8.31. The first-order valence-electron chi connectivity index (χ1n) is 11.4. The monoisotopic (exact) mass is 472 g/mol. The molecule has 0 spiro atoms. The lowest BCUT2D eigenvalue weighted by molar-refractivity contribution is -0.143. The highest BCUT2D eigenvalue weighted by atomic mass is 16.5. The number of amides is 2. The average molecular weight is 473 g/mol. The third-order valence-electron chi connectivity index (χ3n) is 5.48. The summed E-state index contributed by atoms with van der Waals surface area (Å²) in [6, 6.07) is 23.1. The zero-order valence-corrected chi connectivity index (χ0v) is 19.9. The van der Waals surface area contributed by atoms with E-state index in [2.05, 4.69) is 10.6 Å². The Bertz CT molecular complexity index is 1220. The molecule has 2 amide bonds. The van der Waals surface area contributed by atoms with Crippen molar-refractivity contribution in [3.05, 3.63) is 101 Å². The first-order valence-corrected chi connectivity index (χ1v) is 11.4. The van der Waals surface area contributed by atoms with E-state index in [4.69, 9.17) is 14.2 Å². The summed E-state index contributed by atoms with van der Waals surface area (Å²) in [5.74, 6) is 0.700. The van der Waals surface area contributed by atoms with Crippen molar-refractivity contribution in [1.29, 1.82) is 0 Å². The van der Waals surface area contributed by atoms with Crippen LogP contribution in [0.3, 0.4) is 0 Å². The van der Waals surface area contributed by atoms with Crippen LogP contribution >= 0.6 is 0 Å². The molecule has 1 aliphatic rings. The molecule has 0 radical (unpaired) electrons. The van der Waals surface area contributed by atoms with E-state index in [0.29, 0.717) is 40.5 Å². The fourth-order valence-electron chi connectivity index (χ4n) is 3.87. The van der Waals surface area contributed by atoms with Crippen molar-refractivity contribution in [3.63, 3.8) is 0 Å². The van der Waals surface area contributed by atoms with Crippen molar-refractivity contribution in [1.82, 2.24) is 10.6 Å². The molecule has 0 aromatic heterocycles. The molecule has 1 heterocycles. The lowest BCUT2D eigenvalue weighted by Crippen LogP contribution is -2.45. The summed E-state index contributed by atoms with van der Waals surface area (Å²) in [5, 5.41) is 5.68. The first kappa shape index (κ1) is 23.9. The van der Waals surface area contributed by atoms with E-state index in [-0.39, 0.29) is 6.10 Å². The molecule has 3 aromatic carbocycles. The van der Waals surface area contributed by atoms with E-state index < -0.39 is 18.0 Å². The van der Waals surface area contributed by atoms with Crippen LogP contribution in [0.2, 0.25) is 0 Å². The van der Waals surface area contributed by atoms with Gasteiger partial charge in [-0.1, -0.05) is 48.5 Å². The van der Waals surface area contributed by atoms with Crippen LogP contribution in [0.1, 0.15) is 36.6 Å². The maximum atomic E-state index is 13.4. The fraction of sp³-hybridized carbons (Fsp3) is 0.214. The van der Waals surface area contributed by atoms with Crippen LogP contribution in [0.15, 0.2) is 84.4 Å². The van der Waals surface area contributed by atoms with Crippen molar-refractivity contribution in [2.24, 2.45) is 0 Å². The normalized spacial score (nSPS) is 15.3. The lowest BCUT2D eigenvalue weighted by atomic mass is 9.92. The summed E-state index contributed by atoms with van der Waals surface area (Å²) < 4.78 is 17.0. The molecule has 7 heteroatoms. The van der Waals surface area contributed by atoms with Gasteiger partial charge in [0.2, 0.25) is 0 Å². The third kappa shape index (κ3) is 5.63. The van der Waals surface area contributed by atoms with Crippen LogP contribution in [0.5, 0.6) is 11.5 Å². The Morgan fingerprint density at radius 2 is 1.63 bits per heavy atom. The fourth-order valence-corrected chi connectivity index (χ4v) is 3.87. The van der Waals surface area contributed by atoms with Crippen LogP contribution in [0.4, 0.5) is 4.79 Å². The maximum Gasteiger partial charge on any atom is 0.338 e. The number of rotatable bonds is 8. The number of carbonyl (C=O) groups is 2. The number of urea groups is 1. The van der Waals surface area contributed by atoms with E-state index in [1.807, 2.05) is 54.6 Å². The lowest BCUT2D eigenvalue weighted by Gasteiger charge is -2.31. The summed E-state index contributed by atoms with van der Waals surface area (Å²) in [6.07, 6.45) is -0.338. The van der Waals surface area contributed by atoms with E-state index >= 15 is 0 Å². The Labute approximate surface area is 204 Å². The highest BCUT2D eigenvalue weighted by molar-refractivity contribution is 6.04. The van der Waals surface area contributed by atoms with Crippen LogP contribution < -0.4 is 20.1 Å². The molecule has 35 heavy (non-hydrogen) atoms. The highest BCUT2D eigenvalue weighted by Gasteiger charge is 2.36. The van der Waals surface area contributed by atoms with Crippen LogP contribution in [0, 0.1) is 0 Å². The van der Waals surface area contributed by atoms with Gasteiger partial charge in [-0.3, -0.25) is 0 Å². The van der Waals surface area contributed by atoms with Gasteiger partial charge in [0.1, 0.15) is 18.1 Å². The van der Waals surface area contributed by atoms with Crippen LogP contribution in [0.25, 0.3) is 5.70 Å². The maximum absolute atomic E-state index is 13.4. The Morgan fingerprint density at radius 3 is 2.31 bits per heavy atom. The molecule has 0 aliphatic carbocycles. The molecule has 0 saturated heterocycles. The topological polar surface area (TPSA) is 85.9 Å². The van der Waals surface area contributed by atoms with Gasteiger partial charge in [0.25, 0.3) is 0 Å². The Hall–Kier alpha value is -4.26. The molecule has 2 N–H and O–H groups in total. The van der Waals surface area contributed by atoms with Gasteiger partial charge in [-0.2, -0.15) is 0 Å². The molecule has 1 aliphatic heterocycles. The van der Waals surface area contributed by atoms with Gasteiger partial charge in [0.05, 0.1) is 30.5 Å².